The maximum Gasteiger partial charge on any atom is 0.433 e. The zero-order chi connectivity index (χ0) is 14.6. The number of aromatic nitrogens is 1. The lowest BCUT2D eigenvalue weighted by Gasteiger charge is -2.30. The molecule has 0 radical (unpaired) electrons. The Hall–Kier alpha value is -1.30. The number of nitrogens with two attached hydrogens (primary N) is 1. The summed E-state index contributed by atoms with van der Waals surface area (Å²) in [7, 11) is 0. The third kappa shape index (κ3) is 3.62. The molecule has 0 aromatic carbocycles. The molecular formula is C14H20F3N3. The van der Waals surface area contributed by atoms with Gasteiger partial charge in [0.15, 0.2) is 0 Å². The fraction of sp³-hybridized carbons (Fsp3) is 0.643. The van der Waals surface area contributed by atoms with Gasteiger partial charge in [0.25, 0.3) is 0 Å². The second-order valence-electron chi connectivity index (χ2n) is 5.15. The maximum atomic E-state index is 12.8. The highest BCUT2D eigenvalue weighted by Crippen LogP contribution is 2.31. The van der Waals surface area contributed by atoms with Crippen LogP contribution >= 0.6 is 0 Å². The molecule has 1 saturated carbocycles. The predicted octanol–water partition coefficient (Wildman–Crippen LogP) is 3.20. The van der Waals surface area contributed by atoms with Crippen LogP contribution in [0.3, 0.4) is 0 Å². The van der Waals surface area contributed by atoms with Crippen molar-refractivity contribution in [2.75, 3.05) is 18.0 Å². The highest BCUT2D eigenvalue weighted by molar-refractivity contribution is 5.41. The summed E-state index contributed by atoms with van der Waals surface area (Å²) in [6, 6.07) is 4.39. The number of anilines is 1. The van der Waals surface area contributed by atoms with Gasteiger partial charge in [0.2, 0.25) is 0 Å². The minimum Gasteiger partial charge on any atom is -0.354 e. The molecule has 1 aromatic heterocycles. The van der Waals surface area contributed by atoms with E-state index in [0.29, 0.717) is 18.9 Å². The second kappa shape index (κ2) is 6.43. The van der Waals surface area contributed by atoms with Gasteiger partial charge in [-0.3, -0.25) is 0 Å². The Kier molecular flexibility index (Phi) is 4.86. The number of pyridine rings is 1. The molecule has 1 heterocycles. The summed E-state index contributed by atoms with van der Waals surface area (Å²) < 4.78 is 38.3. The largest absolute Gasteiger partial charge is 0.433 e. The zero-order valence-corrected chi connectivity index (χ0v) is 11.4. The molecule has 1 aromatic rings. The Labute approximate surface area is 117 Å². The van der Waals surface area contributed by atoms with Crippen molar-refractivity contribution in [1.82, 2.24) is 4.98 Å². The third-order valence-electron chi connectivity index (χ3n) is 3.69. The molecule has 2 rings (SSSR count). The van der Waals surface area contributed by atoms with Gasteiger partial charge in [0.1, 0.15) is 11.5 Å². The summed E-state index contributed by atoms with van der Waals surface area (Å²) in [5.41, 5.74) is 4.70. The van der Waals surface area contributed by atoms with Gasteiger partial charge in [-0.15, -0.1) is 0 Å². The molecule has 1 aliphatic rings. The van der Waals surface area contributed by atoms with Gasteiger partial charge in [0.05, 0.1) is 0 Å². The van der Waals surface area contributed by atoms with E-state index in [-0.39, 0.29) is 6.04 Å². The van der Waals surface area contributed by atoms with Gasteiger partial charge in [-0.1, -0.05) is 18.9 Å². The van der Waals surface area contributed by atoms with Gasteiger partial charge in [-0.25, -0.2) is 4.98 Å². The van der Waals surface area contributed by atoms with Crippen LogP contribution in [0.2, 0.25) is 0 Å². The van der Waals surface area contributed by atoms with E-state index in [9.17, 15) is 13.2 Å². The van der Waals surface area contributed by atoms with Crippen LogP contribution in [-0.2, 0) is 6.18 Å². The molecule has 2 N–H and O–H groups in total. The van der Waals surface area contributed by atoms with E-state index in [1.165, 1.54) is 6.07 Å². The van der Waals surface area contributed by atoms with Crippen molar-refractivity contribution in [2.45, 2.75) is 44.3 Å². The maximum absolute atomic E-state index is 12.8. The average molecular weight is 287 g/mol. The van der Waals surface area contributed by atoms with Crippen LogP contribution in [0.4, 0.5) is 19.0 Å². The van der Waals surface area contributed by atoms with Crippen LogP contribution in [0, 0.1) is 0 Å². The molecule has 0 atom stereocenters. The van der Waals surface area contributed by atoms with Gasteiger partial charge >= 0.3 is 6.18 Å². The summed E-state index contributed by atoms with van der Waals surface area (Å²) >= 11 is 0. The minimum atomic E-state index is -4.40. The predicted molar refractivity (Wildman–Crippen MR) is 72.5 cm³/mol. The first-order valence-corrected chi connectivity index (χ1v) is 7.03. The normalized spacial score (nSPS) is 16.6. The molecule has 0 spiro atoms. The summed E-state index contributed by atoms with van der Waals surface area (Å²) in [5, 5.41) is 0. The van der Waals surface area contributed by atoms with E-state index >= 15 is 0 Å². The first-order chi connectivity index (χ1) is 9.52. The van der Waals surface area contributed by atoms with Crippen LogP contribution < -0.4 is 10.6 Å². The van der Waals surface area contributed by atoms with E-state index in [1.807, 2.05) is 4.90 Å². The van der Waals surface area contributed by atoms with Gasteiger partial charge in [-0.05, 0) is 37.9 Å². The van der Waals surface area contributed by atoms with Gasteiger partial charge in [-0.2, -0.15) is 13.2 Å². The Morgan fingerprint density at radius 3 is 2.55 bits per heavy atom. The van der Waals surface area contributed by atoms with Crippen LogP contribution in [0.1, 0.15) is 37.8 Å². The second-order valence-corrected chi connectivity index (χ2v) is 5.15. The Morgan fingerprint density at radius 2 is 1.95 bits per heavy atom. The fourth-order valence-electron chi connectivity index (χ4n) is 2.70. The van der Waals surface area contributed by atoms with E-state index in [4.69, 9.17) is 5.73 Å². The summed E-state index contributed by atoms with van der Waals surface area (Å²) in [4.78, 5) is 5.80. The molecule has 6 heteroatoms. The van der Waals surface area contributed by atoms with Crippen molar-refractivity contribution in [1.29, 1.82) is 0 Å². The topological polar surface area (TPSA) is 42.1 Å². The summed E-state index contributed by atoms with van der Waals surface area (Å²) in [5.74, 6) is 0.417. The van der Waals surface area contributed by atoms with Gasteiger partial charge in [0, 0.05) is 12.6 Å². The Morgan fingerprint density at radius 1 is 1.25 bits per heavy atom. The van der Waals surface area contributed by atoms with Crippen molar-refractivity contribution in [3.63, 3.8) is 0 Å². The van der Waals surface area contributed by atoms with E-state index in [0.717, 1.165) is 38.2 Å². The molecule has 0 unspecified atom stereocenters. The Balaban J connectivity index is 2.23. The highest BCUT2D eigenvalue weighted by atomic mass is 19.4. The van der Waals surface area contributed by atoms with Crippen LogP contribution in [0.15, 0.2) is 18.2 Å². The van der Waals surface area contributed by atoms with Crippen molar-refractivity contribution >= 4 is 5.82 Å². The van der Waals surface area contributed by atoms with Crippen LogP contribution in [0.25, 0.3) is 0 Å². The highest BCUT2D eigenvalue weighted by Gasteiger charge is 2.33. The molecule has 1 fully saturated rings. The first kappa shape index (κ1) is 15.1. The lowest BCUT2D eigenvalue weighted by Crippen LogP contribution is -2.36. The monoisotopic (exact) mass is 287 g/mol. The number of hydrogen-bond acceptors (Lipinski definition) is 3. The zero-order valence-electron chi connectivity index (χ0n) is 11.4. The van der Waals surface area contributed by atoms with Crippen LogP contribution in [-0.4, -0.2) is 24.1 Å². The third-order valence-corrected chi connectivity index (χ3v) is 3.69. The number of halogens is 3. The quantitative estimate of drug-likeness (QED) is 0.904. The molecule has 112 valence electrons. The molecule has 3 nitrogen and oxygen atoms in total. The smallest absolute Gasteiger partial charge is 0.354 e. The van der Waals surface area contributed by atoms with Crippen molar-refractivity contribution in [3.05, 3.63) is 23.9 Å². The van der Waals surface area contributed by atoms with E-state index in [2.05, 4.69) is 4.98 Å². The van der Waals surface area contributed by atoms with E-state index < -0.39 is 11.9 Å². The molecule has 0 amide bonds. The van der Waals surface area contributed by atoms with Crippen molar-refractivity contribution in [2.24, 2.45) is 5.73 Å². The SMILES string of the molecule is NCCCN(c1cccc(C(F)(F)F)n1)C1CCCC1. The lowest BCUT2D eigenvalue weighted by atomic mass is 10.2. The lowest BCUT2D eigenvalue weighted by molar-refractivity contribution is -0.141. The molecule has 0 bridgehead atoms. The summed E-state index contributed by atoms with van der Waals surface area (Å²) in [6.07, 6.45) is 0.649. The first-order valence-electron chi connectivity index (χ1n) is 7.03. The minimum absolute atomic E-state index is 0.289. The number of rotatable bonds is 5. The fourth-order valence-corrected chi connectivity index (χ4v) is 2.70. The molecule has 0 saturated heterocycles. The van der Waals surface area contributed by atoms with Gasteiger partial charge < -0.3 is 10.6 Å². The molecule has 0 aliphatic heterocycles. The number of nitrogens with zero attached hydrogens (tertiary/aromatic N) is 2. The van der Waals surface area contributed by atoms with Crippen LogP contribution in [0.5, 0.6) is 0 Å². The average Bonchev–Trinajstić information content (AvgIpc) is 2.92. The number of alkyl halides is 3. The standard InChI is InChI=1S/C14H20F3N3/c15-14(16,17)12-7-3-8-13(19-12)20(10-4-9-18)11-5-1-2-6-11/h3,7-8,11H,1-2,4-6,9-10,18H2. The number of hydrogen-bond donors (Lipinski definition) is 1. The molecular weight excluding hydrogens is 267 g/mol. The van der Waals surface area contributed by atoms with E-state index in [1.54, 1.807) is 6.07 Å². The van der Waals surface area contributed by atoms with Crippen molar-refractivity contribution < 1.29 is 13.2 Å². The molecule has 1 aliphatic carbocycles. The summed E-state index contributed by atoms with van der Waals surface area (Å²) in [6.45, 7) is 1.19. The Bertz CT molecular complexity index is 428. The molecule has 20 heavy (non-hydrogen) atoms. The van der Waals surface area contributed by atoms with Crippen molar-refractivity contribution in [3.8, 4) is 0 Å².